The maximum atomic E-state index is 8.76. The molecule has 2 rings (SSSR count). The molecular formula is C9H7N3S. The van der Waals surface area contributed by atoms with Crippen LogP contribution in [0, 0.1) is 11.3 Å². The van der Waals surface area contributed by atoms with Gasteiger partial charge in [-0.15, -0.1) is 11.3 Å². The number of hydrogen-bond donors (Lipinski definition) is 2. The molecule has 2 aromatic rings. The highest BCUT2D eigenvalue weighted by Gasteiger charge is 2.08. The molecule has 1 aromatic carbocycles. The Balaban J connectivity index is 2.94. The van der Waals surface area contributed by atoms with E-state index in [0.29, 0.717) is 16.9 Å². The van der Waals surface area contributed by atoms with Crippen LogP contribution in [0.15, 0.2) is 17.5 Å². The van der Waals surface area contributed by atoms with Crippen LogP contribution >= 0.6 is 11.3 Å². The van der Waals surface area contributed by atoms with Crippen molar-refractivity contribution in [2.45, 2.75) is 0 Å². The van der Waals surface area contributed by atoms with Crippen LogP contribution in [-0.4, -0.2) is 0 Å². The first-order chi connectivity index (χ1) is 6.24. The molecule has 3 nitrogen and oxygen atoms in total. The summed E-state index contributed by atoms with van der Waals surface area (Å²) in [4.78, 5) is 0. The quantitative estimate of drug-likeness (QED) is 0.622. The van der Waals surface area contributed by atoms with E-state index in [-0.39, 0.29) is 0 Å². The Hall–Kier alpha value is -1.73. The normalized spacial score (nSPS) is 10.1. The highest BCUT2D eigenvalue weighted by molar-refractivity contribution is 7.17. The van der Waals surface area contributed by atoms with Gasteiger partial charge < -0.3 is 11.5 Å². The summed E-state index contributed by atoms with van der Waals surface area (Å²) >= 11 is 1.55. The average molecular weight is 189 g/mol. The van der Waals surface area contributed by atoms with Gasteiger partial charge in [0.2, 0.25) is 0 Å². The summed E-state index contributed by atoms with van der Waals surface area (Å²) in [6.45, 7) is 0. The third-order valence-electron chi connectivity index (χ3n) is 1.96. The van der Waals surface area contributed by atoms with Crippen LogP contribution in [-0.2, 0) is 0 Å². The molecule has 0 spiro atoms. The number of nitriles is 1. The van der Waals surface area contributed by atoms with Gasteiger partial charge >= 0.3 is 0 Å². The van der Waals surface area contributed by atoms with Crippen molar-refractivity contribution in [3.05, 3.63) is 23.1 Å². The number of benzene rings is 1. The second-order valence-electron chi connectivity index (χ2n) is 2.70. The summed E-state index contributed by atoms with van der Waals surface area (Å²) in [6, 6.07) is 5.70. The molecule has 0 aliphatic heterocycles. The lowest BCUT2D eigenvalue weighted by Crippen LogP contribution is -1.97. The van der Waals surface area contributed by atoms with Crippen LogP contribution in [0.25, 0.3) is 10.1 Å². The molecule has 0 radical (unpaired) electrons. The molecule has 0 amide bonds. The Labute approximate surface area is 79.2 Å². The topological polar surface area (TPSA) is 75.8 Å². The standard InChI is InChI=1S/C9H7N3S/c10-4-5-3-7-6(1-2-13-7)9(12)8(5)11/h1-3H,11-12H2. The molecule has 0 saturated heterocycles. The first-order valence-corrected chi connectivity index (χ1v) is 4.57. The number of rotatable bonds is 0. The van der Waals surface area contributed by atoms with E-state index >= 15 is 0 Å². The van der Waals surface area contributed by atoms with Crippen molar-refractivity contribution in [2.24, 2.45) is 0 Å². The van der Waals surface area contributed by atoms with Crippen LogP contribution in [0.5, 0.6) is 0 Å². The summed E-state index contributed by atoms with van der Waals surface area (Å²) in [5, 5.41) is 11.6. The summed E-state index contributed by atoms with van der Waals surface area (Å²) in [7, 11) is 0. The van der Waals surface area contributed by atoms with E-state index in [4.69, 9.17) is 16.7 Å². The first kappa shape index (κ1) is 7.90. The predicted molar refractivity (Wildman–Crippen MR) is 55.4 cm³/mol. The van der Waals surface area contributed by atoms with E-state index in [2.05, 4.69) is 0 Å². The fourth-order valence-corrected chi connectivity index (χ4v) is 2.09. The van der Waals surface area contributed by atoms with Gasteiger partial charge in [0.05, 0.1) is 16.9 Å². The van der Waals surface area contributed by atoms with Gasteiger partial charge in [-0.3, -0.25) is 0 Å². The van der Waals surface area contributed by atoms with E-state index in [1.165, 1.54) is 0 Å². The molecule has 0 saturated carbocycles. The maximum absolute atomic E-state index is 8.76. The smallest absolute Gasteiger partial charge is 0.101 e. The van der Waals surface area contributed by atoms with Gasteiger partial charge in [0.1, 0.15) is 6.07 Å². The molecule has 0 aliphatic rings. The van der Waals surface area contributed by atoms with Gasteiger partial charge in [0.25, 0.3) is 0 Å². The number of nitrogen functional groups attached to an aromatic ring is 2. The van der Waals surface area contributed by atoms with Crippen molar-refractivity contribution in [3.63, 3.8) is 0 Å². The summed E-state index contributed by atoms with van der Waals surface area (Å²) in [5.74, 6) is 0. The molecule has 0 fully saturated rings. The van der Waals surface area contributed by atoms with Crippen LogP contribution in [0.2, 0.25) is 0 Å². The Morgan fingerprint density at radius 3 is 2.77 bits per heavy atom. The van der Waals surface area contributed by atoms with Gasteiger partial charge in [0, 0.05) is 10.1 Å². The highest BCUT2D eigenvalue weighted by atomic mass is 32.1. The van der Waals surface area contributed by atoms with Crippen molar-refractivity contribution in [1.29, 1.82) is 5.26 Å². The highest BCUT2D eigenvalue weighted by Crippen LogP contribution is 2.32. The second kappa shape index (κ2) is 2.64. The first-order valence-electron chi connectivity index (χ1n) is 3.69. The van der Waals surface area contributed by atoms with Crippen molar-refractivity contribution < 1.29 is 0 Å². The Bertz CT molecular complexity index is 507. The van der Waals surface area contributed by atoms with Crippen molar-refractivity contribution in [1.82, 2.24) is 0 Å². The lowest BCUT2D eigenvalue weighted by atomic mass is 10.1. The fraction of sp³-hybridized carbons (Fsp3) is 0. The molecule has 4 N–H and O–H groups in total. The Morgan fingerprint density at radius 1 is 1.31 bits per heavy atom. The van der Waals surface area contributed by atoms with Crippen LogP contribution in [0.4, 0.5) is 11.4 Å². The second-order valence-corrected chi connectivity index (χ2v) is 3.64. The number of nitrogens with zero attached hydrogens (tertiary/aromatic N) is 1. The van der Waals surface area contributed by atoms with Crippen LogP contribution in [0.1, 0.15) is 5.56 Å². The Kier molecular flexibility index (Phi) is 1.61. The summed E-state index contributed by atoms with van der Waals surface area (Å²) in [6.07, 6.45) is 0. The number of anilines is 2. The van der Waals surface area contributed by atoms with Crippen LogP contribution in [0.3, 0.4) is 0 Å². The van der Waals surface area contributed by atoms with Crippen molar-refractivity contribution >= 4 is 32.8 Å². The summed E-state index contributed by atoms with van der Waals surface area (Å²) < 4.78 is 1.00. The molecule has 0 unspecified atom stereocenters. The van der Waals surface area contributed by atoms with Crippen molar-refractivity contribution in [2.75, 3.05) is 11.5 Å². The minimum Gasteiger partial charge on any atom is -0.396 e. The van der Waals surface area contributed by atoms with E-state index in [1.54, 1.807) is 17.4 Å². The molecule has 13 heavy (non-hydrogen) atoms. The largest absolute Gasteiger partial charge is 0.396 e. The van der Waals surface area contributed by atoms with Crippen molar-refractivity contribution in [3.8, 4) is 6.07 Å². The monoisotopic (exact) mass is 189 g/mol. The van der Waals surface area contributed by atoms with E-state index in [0.717, 1.165) is 10.1 Å². The molecule has 0 aliphatic carbocycles. The van der Waals surface area contributed by atoms with E-state index in [1.807, 2.05) is 17.5 Å². The number of thiophene rings is 1. The third kappa shape index (κ3) is 1.02. The molecule has 4 heteroatoms. The molecule has 64 valence electrons. The SMILES string of the molecule is N#Cc1cc2sccc2c(N)c1N. The molecule has 1 heterocycles. The molecule has 0 bridgehead atoms. The molecule has 1 aromatic heterocycles. The minimum atomic E-state index is 0.383. The Morgan fingerprint density at radius 2 is 2.08 bits per heavy atom. The average Bonchev–Trinajstić information content (AvgIpc) is 2.59. The number of hydrogen-bond acceptors (Lipinski definition) is 4. The van der Waals surface area contributed by atoms with E-state index < -0.39 is 0 Å². The fourth-order valence-electron chi connectivity index (χ4n) is 1.25. The van der Waals surface area contributed by atoms with Gasteiger partial charge in [-0.2, -0.15) is 5.26 Å². The minimum absolute atomic E-state index is 0.383. The van der Waals surface area contributed by atoms with Gasteiger partial charge in [0.15, 0.2) is 0 Å². The van der Waals surface area contributed by atoms with E-state index in [9.17, 15) is 0 Å². The van der Waals surface area contributed by atoms with Gasteiger partial charge in [-0.05, 0) is 17.5 Å². The van der Waals surface area contributed by atoms with Crippen LogP contribution < -0.4 is 11.5 Å². The number of fused-ring (bicyclic) bond motifs is 1. The van der Waals surface area contributed by atoms with Gasteiger partial charge in [-0.1, -0.05) is 0 Å². The lowest BCUT2D eigenvalue weighted by molar-refractivity contribution is 1.50. The zero-order chi connectivity index (χ0) is 9.42. The maximum Gasteiger partial charge on any atom is 0.101 e. The molecule has 0 atom stereocenters. The third-order valence-corrected chi connectivity index (χ3v) is 2.83. The number of nitrogens with two attached hydrogens (primary N) is 2. The zero-order valence-corrected chi connectivity index (χ0v) is 7.56. The lowest BCUT2D eigenvalue weighted by Gasteiger charge is -2.02. The zero-order valence-electron chi connectivity index (χ0n) is 6.74. The van der Waals surface area contributed by atoms with Gasteiger partial charge in [-0.25, -0.2) is 0 Å². The molecular weight excluding hydrogens is 182 g/mol. The summed E-state index contributed by atoms with van der Waals surface area (Å²) in [5.41, 5.74) is 12.8. The predicted octanol–water partition coefficient (Wildman–Crippen LogP) is 1.94.